The van der Waals surface area contributed by atoms with Crippen LogP contribution in [0.5, 0.6) is 5.75 Å². The van der Waals surface area contributed by atoms with Crippen LogP contribution < -0.4 is 4.90 Å². The molecule has 0 atom stereocenters. The third-order valence-electron chi connectivity index (χ3n) is 3.14. The molecule has 108 valence electrons. The Morgan fingerprint density at radius 3 is 2.52 bits per heavy atom. The van der Waals surface area contributed by atoms with Gasteiger partial charge in [0.15, 0.2) is 0 Å². The van der Waals surface area contributed by atoms with Gasteiger partial charge in [0.25, 0.3) is 5.91 Å². The summed E-state index contributed by atoms with van der Waals surface area (Å²) in [6.07, 6.45) is 0. The number of nitro benzene ring substituents is 1. The van der Waals surface area contributed by atoms with Crippen molar-refractivity contribution < 1.29 is 14.8 Å². The smallest absolute Gasteiger partial charge is 0.311 e. The highest BCUT2D eigenvalue weighted by Crippen LogP contribution is 2.30. The van der Waals surface area contributed by atoms with E-state index in [-0.39, 0.29) is 5.56 Å². The molecule has 0 saturated carbocycles. The maximum Gasteiger partial charge on any atom is 0.311 e. The normalized spacial score (nSPS) is 10.2. The van der Waals surface area contributed by atoms with Gasteiger partial charge >= 0.3 is 5.69 Å². The number of phenols is 1. The molecule has 0 aromatic heterocycles. The molecule has 1 N–H and O–H groups in total. The number of anilines is 1. The van der Waals surface area contributed by atoms with Crippen LogP contribution in [0.4, 0.5) is 11.4 Å². The van der Waals surface area contributed by atoms with Crippen LogP contribution in [-0.2, 0) is 0 Å². The van der Waals surface area contributed by atoms with Crippen LogP contribution >= 0.6 is 0 Å². The van der Waals surface area contributed by atoms with Crippen molar-refractivity contribution in [2.24, 2.45) is 0 Å². The molecule has 0 aliphatic carbocycles. The average Bonchev–Trinajstić information content (AvgIpc) is 2.45. The van der Waals surface area contributed by atoms with Crippen molar-refractivity contribution in [3.05, 3.63) is 63.7 Å². The van der Waals surface area contributed by atoms with E-state index in [1.807, 2.05) is 25.1 Å². The first-order valence-corrected chi connectivity index (χ1v) is 6.23. The van der Waals surface area contributed by atoms with E-state index in [0.29, 0.717) is 5.69 Å². The van der Waals surface area contributed by atoms with Crippen LogP contribution in [0.25, 0.3) is 0 Å². The number of phenolic OH excluding ortho intramolecular Hbond substituents is 1. The third-order valence-corrected chi connectivity index (χ3v) is 3.14. The van der Waals surface area contributed by atoms with Crippen molar-refractivity contribution >= 4 is 17.3 Å². The molecule has 1 amide bonds. The van der Waals surface area contributed by atoms with Crippen molar-refractivity contribution in [3.8, 4) is 5.75 Å². The van der Waals surface area contributed by atoms with Crippen molar-refractivity contribution in [3.63, 3.8) is 0 Å². The number of hydrogen-bond acceptors (Lipinski definition) is 4. The number of amides is 1. The summed E-state index contributed by atoms with van der Waals surface area (Å²) in [5.74, 6) is -1.13. The minimum Gasteiger partial charge on any atom is -0.502 e. The topological polar surface area (TPSA) is 83.7 Å². The Bertz CT molecular complexity index is 713. The summed E-state index contributed by atoms with van der Waals surface area (Å²) in [6, 6.07) is 11.1. The van der Waals surface area contributed by atoms with Crippen LogP contribution in [-0.4, -0.2) is 23.0 Å². The molecular formula is C15H14N2O4. The molecule has 0 aliphatic heterocycles. The number of aryl methyl sites for hydroxylation is 1. The van der Waals surface area contributed by atoms with Gasteiger partial charge < -0.3 is 10.0 Å². The predicted molar refractivity (Wildman–Crippen MR) is 78.7 cm³/mol. The Hall–Kier alpha value is -2.89. The van der Waals surface area contributed by atoms with Crippen LogP contribution in [0.3, 0.4) is 0 Å². The van der Waals surface area contributed by atoms with Gasteiger partial charge in [0.1, 0.15) is 0 Å². The lowest BCUT2D eigenvalue weighted by molar-refractivity contribution is -0.385. The van der Waals surface area contributed by atoms with E-state index in [9.17, 15) is 20.0 Å². The van der Waals surface area contributed by atoms with Crippen molar-refractivity contribution in [2.45, 2.75) is 6.92 Å². The molecule has 0 aliphatic rings. The Labute approximate surface area is 121 Å². The number of carbonyl (C=O) groups excluding carboxylic acids is 1. The summed E-state index contributed by atoms with van der Waals surface area (Å²) in [7, 11) is 1.55. The van der Waals surface area contributed by atoms with Gasteiger partial charge in [-0.15, -0.1) is 0 Å². The molecule has 0 bridgehead atoms. The molecular weight excluding hydrogens is 272 g/mol. The number of para-hydroxylation sites is 1. The monoisotopic (exact) mass is 286 g/mol. The predicted octanol–water partition coefficient (Wildman–Crippen LogP) is 2.89. The molecule has 0 spiro atoms. The number of nitro groups is 1. The zero-order valence-corrected chi connectivity index (χ0v) is 11.6. The number of nitrogens with zero attached hydrogens (tertiary/aromatic N) is 2. The highest BCUT2D eigenvalue weighted by atomic mass is 16.6. The maximum atomic E-state index is 12.4. The standard InChI is InChI=1S/C15H14N2O4/c1-10-5-3-6-11(9-10)16(2)15(19)12-7-4-8-13(14(12)18)17(20)21/h3-9,18H,1-2H3. The van der Waals surface area contributed by atoms with E-state index in [2.05, 4.69) is 0 Å². The van der Waals surface area contributed by atoms with Gasteiger partial charge in [-0.3, -0.25) is 14.9 Å². The molecule has 6 heteroatoms. The van der Waals surface area contributed by atoms with Crippen LogP contribution in [0, 0.1) is 17.0 Å². The fourth-order valence-electron chi connectivity index (χ4n) is 1.99. The molecule has 6 nitrogen and oxygen atoms in total. The molecule has 0 heterocycles. The zero-order chi connectivity index (χ0) is 15.6. The van der Waals surface area contributed by atoms with Gasteiger partial charge in [-0.05, 0) is 30.7 Å². The molecule has 2 rings (SSSR count). The number of rotatable bonds is 3. The largest absolute Gasteiger partial charge is 0.502 e. The van der Waals surface area contributed by atoms with E-state index >= 15 is 0 Å². The SMILES string of the molecule is Cc1cccc(N(C)C(=O)c2cccc([N+](=O)[O-])c2O)c1. The van der Waals surface area contributed by atoms with E-state index in [1.54, 1.807) is 13.1 Å². The third kappa shape index (κ3) is 2.84. The first-order valence-electron chi connectivity index (χ1n) is 6.23. The van der Waals surface area contributed by atoms with Crippen LogP contribution in [0.15, 0.2) is 42.5 Å². The highest BCUT2D eigenvalue weighted by Gasteiger charge is 2.23. The average molecular weight is 286 g/mol. The summed E-state index contributed by atoms with van der Waals surface area (Å²) in [6.45, 7) is 1.90. The number of benzene rings is 2. The van der Waals surface area contributed by atoms with Gasteiger partial charge in [-0.2, -0.15) is 0 Å². The number of aromatic hydroxyl groups is 1. The van der Waals surface area contributed by atoms with Gasteiger partial charge in [-0.25, -0.2) is 0 Å². The molecule has 0 saturated heterocycles. The van der Waals surface area contributed by atoms with Crippen LogP contribution in [0.1, 0.15) is 15.9 Å². The summed E-state index contributed by atoms with van der Waals surface area (Å²) in [4.78, 5) is 23.8. The first kappa shape index (κ1) is 14.5. The Balaban J connectivity index is 2.41. The Morgan fingerprint density at radius 1 is 1.24 bits per heavy atom. The quantitative estimate of drug-likeness (QED) is 0.694. The summed E-state index contributed by atoms with van der Waals surface area (Å²) in [5.41, 5.74) is 1.04. The molecule has 0 fully saturated rings. The Morgan fingerprint density at radius 2 is 1.90 bits per heavy atom. The lowest BCUT2D eigenvalue weighted by Gasteiger charge is -2.18. The second kappa shape index (κ2) is 5.62. The second-order valence-corrected chi connectivity index (χ2v) is 4.63. The molecule has 0 radical (unpaired) electrons. The summed E-state index contributed by atoms with van der Waals surface area (Å²) >= 11 is 0. The van der Waals surface area contributed by atoms with E-state index in [0.717, 1.165) is 11.6 Å². The van der Waals surface area contributed by atoms with E-state index < -0.39 is 22.3 Å². The van der Waals surface area contributed by atoms with Crippen LogP contribution in [0.2, 0.25) is 0 Å². The first-order chi connectivity index (χ1) is 9.91. The summed E-state index contributed by atoms with van der Waals surface area (Å²) < 4.78 is 0. The Kier molecular flexibility index (Phi) is 3.89. The van der Waals surface area contributed by atoms with E-state index in [1.165, 1.54) is 17.0 Å². The number of hydrogen-bond donors (Lipinski definition) is 1. The molecule has 2 aromatic rings. The van der Waals surface area contributed by atoms with Crippen molar-refractivity contribution in [1.29, 1.82) is 0 Å². The van der Waals surface area contributed by atoms with Gasteiger partial charge in [0.2, 0.25) is 5.75 Å². The molecule has 21 heavy (non-hydrogen) atoms. The van der Waals surface area contributed by atoms with Gasteiger partial charge in [0, 0.05) is 18.8 Å². The lowest BCUT2D eigenvalue weighted by atomic mass is 10.1. The lowest BCUT2D eigenvalue weighted by Crippen LogP contribution is -2.26. The fraction of sp³-hybridized carbons (Fsp3) is 0.133. The summed E-state index contributed by atoms with van der Waals surface area (Å²) in [5, 5.41) is 20.7. The maximum absolute atomic E-state index is 12.4. The van der Waals surface area contributed by atoms with E-state index in [4.69, 9.17) is 0 Å². The second-order valence-electron chi connectivity index (χ2n) is 4.63. The molecule has 2 aromatic carbocycles. The van der Waals surface area contributed by atoms with Crippen molar-refractivity contribution in [2.75, 3.05) is 11.9 Å². The van der Waals surface area contributed by atoms with Gasteiger partial charge in [0.05, 0.1) is 10.5 Å². The highest BCUT2D eigenvalue weighted by molar-refractivity contribution is 6.08. The van der Waals surface area contributed by atoms with Crippen molar-refractivity contribution in [1.82, 2.24) is 0 Å². The minimum absolute atomic E-state index is 0.104. The van der Waals surface area contributed by atoms with Gasteiger partial charge in [-0.1, -0.05) is 18.2 Å². The number of carbonyl (C=O) groups is 1. The minimum atomic E-state index is -0.723. The fourth-order valence-corrected chi connectivity index (χ4v) is 1.99. The zero-order valence-electron chi connectivity index (χ0n) is 11.6. The molecule has 0 unspecified atom stereocenters.